The molecule has 2 rings (SSSR count). The van der Waals surface area contributed by atoms with Gasteiger partial charge in [-0.15, -0.1) is 0 Å². The lowest BCUT2D eigenvalue weighted by atomic mass is 10.3. The Balaban J connectivity index is 2.99. The van der Waals surface area contributed by atoms with E-state index in [4.69, 9.17) is 58.0 Å². The zero-order valence-corrected chi connectivity index (χ0v) is 10.5. The molecule has 0 saturated carbocycles. The third kappa shape index (κ3) is 1.95. The van der Waals surface area contributed by atoms with Crippen LogP contribution in [0, 0.1) is 0 Å². The SMILES string of the molecule is Clc1nc(Cl)c2c(Cl)c(Cl)c(Cl)nc2n1. The highest BCUT2D eigenvalue weighted by Crippen LogP contribution is 2.36. The van der Waals surface area contributed by atoms with Gasteiger partial charge in [-0.1, -0.05) is 46.4 Å². The van der Waals surface area contributed by atoms with Crippen LogP contribution in [0.3, 0.4) is 0 Å². The average molecular weight is 303 g/mol. The molecule has 0 fully saturated rings. The smallest absolute Gasteiger partial charge is 0.214 e. The highest BCUT2D eigenvalue weighted by Gasteiger charge is 2.15. The predicted octanol–water partition coefficient (Wildman–Crippen LogP) is 4.29. The Hall–Kier alpha value is -0.0600. The Labute approximate surface area is 109 Å². The normalized spacial score (nSPS) is 11.0. The van der Waals surface area contributed by atoms with E-state index in [0.717, 1.165) is 0 Å². The van der Waals surface area contributed by atoms with Gasteiger partial charge >= 0.3 is 0 Å². The van der Waals surface area contributed by atoms with Crippen LogP contribution in [0.2, 0.25) is 25.6 Å². The Morgan fingerprint density at radius 3 is 2.00 bits per heavy atom. The molecule has 2 heterocycles. The fourth-order valence-corrected chi connectivity index (χ4v) is 2.15. The van der Waals surface area contributed by atoms with Gasteiger partial charge in [-0.3, -0.25) is 0 Å². The van der Waals surface area contributed by atoms with E-state index in [1.165, 1.54) is 0 Å². The lowest BCUT2D eigenvalue weighted by Gasteiger charge is -2.04. The van der Waals surface area contributed by atoms with E-state index in [1.54, 1.807) is 0 Å². The molecule has 0 N–H and O–H groups in total. The molecule has 78 valence electrons. The second-order valence-corrected chi connectivity index (χ2v) is 4.32. The van der Waals surface area contributed by atoms with Crippen LogP contribution in [-0.4, -0.2) is 15.0 Å². The molecule has 15 heavy (non-hydrogen) atoms. The van der Waals surface area contributed by atoms with Crippen molar-refractivity contribution in [1.29, 1.82) is 0 Å². The Morgan fingerprint density at radius 2 is 1.33 bits per heavy atom. The number of rotatable bonds is 0. The van der Waals surface area contributed by atoms with E-state index in [1.807, 2.05) is 0 Å². The van der Waals surface area contributed by atoms with Gasteiger partial charge < -0.3 is 0 Å². The first-order valence-corrected chi connectivity index (χ1v) is 5.43. The van der Waals surface area contributed by atoms with Crippen molar-refractivity contribution in [3.63, 3.8) is 0 Å². The molecule has 2 aromatic heterocycles. The number of aromatic nitrogens is 3. The van der Waals surface area contributed by atoms with Gasteiger partial charge in [0.1, 0.15) is 5.15 Å². The van der Waals surface area contributed by atoms with E-state index in [2.05, 4.69) is 15.0 Å². The van der Waals surface area contributed by atoms with Crippen LogP contribution in [0.4, 0.5) is 0 Å². The van der Waals surface area contributed by atoms with Crippen molar-refractivity contribution in [2.75, 3.05) is 0 Å². The molecule has 0 spiro atoms. The fourth-order valence-electron chi connectivity index (χ4n) is 1.01. The molecule has 8 heteroatoms. The minimum atomic E-state index is -0.0329. The molecule has 0 aliphatic carbocycles. The largest absolute Gasteiger partial charge is 0.225 e. The van der Waals surface area contributed by atoms with Crippen molar-refractivity contribution in [2.45, 2.75) is 0 Å². The minimum absolute atomic E-state index is 0.0329. The number of pyridine rings is 1. The molecule has 0 bridgehead atoms. The van der Waals surface area contributed by atoms with Crippen molar-refractivity contribution in [2.24, 2.45) is 0 Å². The van der Waals surface area contributed by atoms with Crippen LogP contribution < -0.4 is 0 Å². The van der Waals surface area contributed by atoms with Crippen LogP contribution in [0.25, 0.3) is 11.0 Å². The maximum atomic E-state index is 5.92. The highest BCUT2D eigenvalue weighted by atomic mass is 35.5. The number of hydrogen-bond donors (Lipinski definition) is 0. The molecule has 0 aliphatic rings. The average Bonchev–Trinajstić information content (AvgIpc) is 2.13. The Kier molecular flexibility index (Phi) is 3.10. The van der Waals surface area contributed by atoms with Gasteiger partial charge in [0.15, 0.2) is 10.8 Å². The topological polar surface area (TPSA) is 38.7 Å². The van der Waals surface area contributed by atoms with Crippen LogP contribution in [0.15, 0.2) is 0 Å². The van der Waals surface area contributed by atoms with Gasteiger partial charge in [0.25, 0.3) is 0 Å². The molecular weight excluding hydrogens is 303 g/mol. The first kappa shape index (κ1) is 11.4. The first-order valence-electron chi connectivity index (χ1n) is 3.54. The van der Waals surface area contributed by atoms with Crippen LogP contribution >= 0.6 is 58.0 Å². The zero-order chi connectivity index (χ0) is 11.2. The summed E-state index contributed by atoms with van der Waals surface area (Å²) in [6.07, 6.45) is 0. The van der Waals surface area contributed by atoms with Gasteiger partial charge in [0.05, 0.1) is 15.4 Å². The summed E-state index contributed by atoms with van der Waals surface area (Å²) < 4.78 is 0. The van der Waals surface area contributed by atoms with Gasteiger partial charge in [-0.25, -0.2) is 9.97 Å². The summed E-state index contributed by atoms with van der Waals surface area (Å²) in [5, 5.41) is 0.694. The maximum absolute atomic E-state index is 5.92. The molecule has 0 aliphatic heterocycles. The Morgan fingerprint density at radius 1 is 0.667 bits per heavy atom. The second kappa shape index (κ2) is 4.07. The lowest BCUT2D eigenvalue weighted by molar-refractivity contribution is 1.18. The third-order valence-electron chi connectivity index (χ3n) is 1.62. The highest BCUT2D eigenvalue weighted by molar-refractivity contribution is 6.51. The van der Waals surface area contributed by atoms with Crippen molar-refractivity contribution >= 4 is 69.0 Å². The minimum Gasteiger partial charge on any atom is -0.214 e. The summed E-state index contributed by atoms with van der Waals surface area (Å²) in [6.45, 7) is 0. The second-order valence-electron chi connectivity index (χ2n) is 2.51. The van der Waals surface area contributed by atoms with Crippen molar-refractivity contribution in [1.82, 2.24) is 15.0 Å². The third-order valence-corrected chi connectivity index (χ3v) is 3.27. The predicted molar refractivity (Wildman–Crippen MR) is 62.4 cm³/mol. The monoisotopic (exact) mass is 301 g/mol. The van der Waals surface area contributed by atoms with Crippen molar-refractivity contribution in [3.05, 3.63) is 25.6 Å². The van der Waals surface area contributed by atoms with Gasteiger partial charge in [-0.2, -0.15) is 4.98 Å². The van der Waals surface area contributed by atoms with Crippen molar-refractivity contribution < 1.29 is 0 Å². The van der Waals surface area contributed by atoms with E-state index >= 15 is 0 Å². The number of halogens is 5. The summed E-state index contributed by atoms with van der Waals surface area (Å²) in [5.74, 6) is 0. The summed E-state index contributed by atoms with van der Waals surface area (Å²) in [7, 11) is 0. The molecule has 0 unspecified atom stereocenters. The zero-order valence-electron chi connectivity index (χ0n) is 6.73. The van der Waals surface area contributed by atoms with E-state index in [0.29, 0.717) is 5.39 Å². The first-order chi connectivity index (χ1) is 7.00. The van der Waals surface area contributed by atoms with Crippen LogP contribution in [0.5, 0.6) is 0 Å². The fraction of sp³-hybridized carbons (Fsp3) is 0. The molecule has 0 aromatic carbocycles. The van der Waals surface area contributed by atoms with E-state index < -0.39 is 0 Å². The molecule has 2 aromatic rings. The summed E-state index contributed by atoms with van der Waals surface area (Å²) in [4.78, 5) is 11.4. The van der Waals surface area contributed by atoms with E-state index in [-0.39, 0.29) is 31.3 Å². The van der Waals surface area contributed by atoms with Gasteiger partial charge in [-0.05, 0) is 11.6 Å². The molecule has 0 atom stereocenters. The summed E-state index contributed by atoms with van der Waals surface area (Å²) >= 11 is 28.9. The Bertz CT molecular complexity index is 556. The molecule has 3 nitrogen and oxygen atoms in total. The summed E-state index contributed by atoms with van der Waals surface area (Å²) in [6, 6.07) is 0. The molecule has 0 radical (unpaired) electrons. The lowest BCUT2D eigenvalue weighted by Crippen LogP contribution is -1.92. The van der Waals surface area contributed by atoms with Crippen LogP contribution in [-0.2, 0) is 0 Å². The number of nitrogens with zero attached hydrogens (tertiary/aromatic N) is 3. The molecule has 0 saturated heterocycles. The van der Waals surface area contributed by atoms with Crippen molar-refractivity contribution in [3.8, 4) is 0 Å². The molecule has 0 amide bonds. The van der Waals surface area contributed by atoms with Gasteiger partial charge in [0, 0.05) is 0 Å². The van der Waals surface area contributed by atoms with Crippen LogP contribution in [0.1, 0.15) is 0 Å². The van der Waals surface area contributed by atoms with E-state index in [9.17, 15) is 0 Å². The quantitative estimate of drug-likeness (QED) is 0.414. The standard InChI is InChI=1S/C7Cl5N3/c8-2-1-4(10)14-7(12)15-6(1)13-5(11)3(2)9. The number of fused-ring (bicyclic) bond motifs is 1. The summed E-state index contributed by atoms with van der Waals surface area (Å²) in [5.41, 5.74) is 0.208. The molecular formula is C7Cl5N3. The maximum Gasteiger partial charge on any atom is 0.225 e. The van der Waals surface area contributed by atoms with Gasteiger partial charge in [0.2, 0.25) is 5.28 Å². The number of hydrogen-bond acceptors (Lipinski definition) is 3.